The monoisotopic (exact) mass is 349 g/mol. The lowest BCUT2D eigenvalue weighted by atomic mass is 10.1. The van der Waals surface area contributed by atoms with Crippen LogP contribution in [0, 0.1) is 0 Å². The van der Waals surface area contributed by atoms with Crippen molar-refractivity contribution in [3.63, 3.8) is 0 Å². The van der Waals surface area contributed by atoms with Gasteiger partial charge >= 0.3 is 0 Å². The quantitative estimate of drug-likeness (QED) is 0.821. The molecular formula is C18H20ClNO2S. The summed E-state index contributed by atoms with van der Waals surface area (Å²) in [4.78, 5) is 14.3. The largest absolute Gasteiger partial charge is 0.374 e. The van der Waals surface area contributed by atoms with Gasteiger partial charge in [0.1, 0.15) is 0 Å². The molecule has 3 nitrogen and oxygen atoms in total. The predicted molar refractivity (Wildman–Crippen MR) is 94.1 cm³/mol. The third kappa shape index (κ3) is 4.56. The first-order valence-electron chi connectivity index (χ1n) is 7.86. The molecule has 1 aromatic heterocycles. The summed E-state index contributed by atoms with van der Waals surface area (Å²) in [6, 6.07) is 9.89. The molecule has 23 heavy (non-hydrogen) atoms. The van der Waals surface area contributed by atoms with E-state index in [1.807, 2.05) is 34.5 Å². The molecule has 1 fully saturated rings. The van der Waals surface area contributed by atoms with Crippen molar-refractivity contribution in [3.05, 3.63) is 57.2 Å². The van der Waals surface area contributed by atoms with E-state index in [1.54, 1.807) is 11.3 Å². The summed E-state index contributed by atoms with van der Waals surface area (Å²) < 4.78 is 5.82. The lowest BCUT2D eigenvalue weighted by molar-refractivity contribution is -0.138. The van der Waals surface area contributed by atoms with Gasteiger partial charge in [-0.3, -0.25) is 4.79 Å². The Morgan fingerprint density at radius 3 is 3.00 bits per heavy atom. The highest BCUT2D eigenvalue weighted by atomic mass is 35.5. The number of hydrogen-bond donors (Lipinski definition) is 0. The molecule has 0 radical (unpaired) electrons. The van der Waals surface area contributed by atoms with Crippen LogP contribution in [0.25, 0.3) is 0 Å². The van der Waals surface area contributed by atoms with Crippen molar-refractivity contribution in [3.8, 4) is 0 Å². The Bertz CT molecular complexity index is 644. The van der Waals surface area contributed by atoms with Crippen molar-refractivity contribution in [1.82, 2.24) is 4.90 Å². The molecule has 0 saturated carbocycles. The van der Waals surface area contributed by atoms with Crippen LogP contribution in [0.2, 0.25) is 5.02 Å². The van der Waals surface area contributed by atoms with Crippen LogP contribution in [0.3, 0.4) is 0 Å². The van der Waals surface area contributed by atoms with Crippen molar-refractivity contribution in [1.29, 1.82) is 0 Å². The molecule has 5 heteroatoms. The van der Waals surface area contributed by atoms with Gasteiger partial charge in [0.2, 0.25) is 5.91 Å². The van der Waals surface area contributed by atoms with Gasteiger partial charge in [-0.25, -0.2) is 0 Å². The molecule has 0 N–H and O–H groups in total. The van der Waals surface area contributed by atoms with Crippen LogP contribution in [0.15, 0.2) is 41.1 Å². The van der Waals surface area contributed by atoms with E-state index in [0.29, 0.717) is 26.1 Å². The number of aryl methyl sites for hydroxylation is 1. The van der Waals surface area contributed by atoms with Gasteiger partial charge < -0.3 is 9.64 Å². The molecule has 1 saturated heterocycles. The van der Waals surface area contributed by atoms with E-state index in [2.05, 4.69) is 11.4 Å². The molecule has 1 amide bonds. The third-order valence-corrected chi connectivity index (χ3v) is 5.21. The number of amides is 1. The first-order valence-corrected chi connectivity index (χ1v) is 9.18. The summed E-state index contributed by atoms with van der Waals surface area (Å²) in [7, 11) is 0. The predicted octanol–water partition coefficient (Wildman–Crippen LogP) is 3.80. The van der Waals surface area contributed by atoms with E-state index in [4.69, 9.17) is 16.3 Å². The van der Waals surface area contributed by atoms with Gasteiger partial charge in [0.05, 0.1) is 12.7 Å². The van der Waals surface area contributed by atoms with Gasteiger partial charge in [0.15, 0.2) is 0 Å². The second-order valence-electron chi connectivity index (χ2n) is 5.76. The van der Waals surface area contributed by atoms with Gasteiger partial charge in [-0.1, -0.05) is 29.8 Å². The Morgan fingerprint density at radius 1 is 1.35 bits per heavy atom. The minimum atomic E-state index is 0.0220. The number of thiophene rings is 1. The molecule has 0 bridgehead atoms. The number of nitrogens with zero attached hydrogens (tertiary/aromatic N) is 1. The number of benzene rings is 1. The molecule has 3 rings (SSSR count). The van der Waals surface area contributed by atoms with Gasteiger partial charge in [0, 0.05) is 31.0 Å². The van der Waals surface area contributed by atoms with Crippen LogP contribution in [0.1, 0.15) is 17.5 Å². The first kappa shape index (κ1) is 16.5. The SMILES string of the molecule is O=C(CCc1ccsc1)N1CCOC(Cc2ccccc2Cl)C1. The number of halogens is 1. The summed E-state index contributed by atoms with van der Waals surface area (Å²) >= 11 is 7.89. The number of morpholine rings is 1. The van der Waals surface area contributed by atoms with Crippen molar-refractivity contribution in [2.75, 3.05) is 19.7 Å². The maximum absolute atomic E-state index is 12.4. The zero-order chi connectivity index (χ0) is 16.1. The Morgan fingerprint density at radius 2 is 2.22 bits per heavy atom. The molecule has 1 aromatic carbocycles. The Kier molecular flexibility index (Phi) is 5.70. The van der Waals surface area contributed by atoms with E-state index in [-0.39, 0.29) is 12.0 Å². The Labute approximate surface area is 145 Å². The molecule has 1 aliphatic heterocycles. The third-order valence-electron chi connectivity index (χ3n) is 4.10. The summed E-state index contributed by atoms with van der Waals surface area (Å²) in [6.07, 6.45) is 2.15. The summed E-state index contributed by atoms with van der Waals surface area (Å²) in [5, 5.41) is 4.91. The molecular weight excluding hydrogens is 330 g/mol. The second-order valence-corrected chi connectivity index (χ2v) is 6.95. The van der Waals surface area contributed by atoms with Gasteiger partial charge in [-0.05, 0) is 40.4 Å². The highest BCUT2D eigenvalue weighted by Crippen LogP contribution is 2.20. The fourth-order valence-electron chi connectivity index (χ4n) is 2.82. The molecule has 2 heterocycles. The highest BCUT2D eigenvalue weighted by Gasteiger charge is 2.24. The normalized spacial score (nSPS) is 18.1. The molecule has 1 aliphatic rings. The molecule has 0 aliphatic carbocycles. The van der Waals surface area contributed by atoms with Gasteiger partial charge in [0.25, 0.3) is 0 Å². The lowest BCUT2D eigenvalue weighted by Gasteiger charge is -2.33. The summed E-state index contributed by atoms with van der Waals surface area (Å²) in [5.74, 6) is 0.212. The van der Waals surface area contributed by atoms with Gasteiger partial charge in [-0.15, -0.1) is 0 Å². The highest BCUT2D eigenvalue weighted by molar-refractivity contribution is 7.07. The van der Waals surface area contributed by atoms with Crippen LogP contribution in [-0.2, 0) is 22.4 Å². The topological polar surface area (TPSA) is 29.5 Å². The van der Waals surface area contributed by atoms with E-state index in [9.17, 15) is 4.79 Å². The lowest BCUT2D eigenvalue weighted by Crippen LogP contribution is -2.46. The van der Waals surface area contributed by atoms with E-state index < -0.39 is 0 Å². The number of rotatable bonds is 5. The average Bonchev–Trinajstić information content (AvgIpc) is 3.08. The van der Waals surface area contributed by atoms with Gasteiger partial charge in [-0.2, -0.15) is 11.3 Å². The summed E-state index contributed by atoms with van der Waals surface area (Å²) in [6.45, 7) is 1.93. The maximum Gasteiger partial charge on any atom is 0.223 e. The standard InChI is InChI=1S/C18H20ClNO2S/c19-17-4-2-1-3-15(17)11-16-12-20(8-9-22-16)18(21)6-5-14-7-10-23-13-14/h1-4,7,10,13,16H,5-6,8-9,11-12H2. The molecule has 1 unspecified atom stereocenters. The van der Waals surface area contributed by atoms with Crippen LogP contribution in [0.4, 0.5) is 0 Å². The first-order chi connectivity index (χ1) is 11.2. The van der Waals surface area contributed by atoms with Crippen molar-refractivity contribution >= 4 is 28.8 Å². The zero-order valence-electron chi connectivity index (χ0n) is 12.9. The number of ether oxygens (including phenoxy) is 1. The Balaban J connectivity index is 1.53. The van der Waals surface area contributed by atoms with E-state index >= 15 is 0 Å². The zero-order valence-corrected chi connectivity index (χ0v) is 14.5. The molecule has 0 spiro atoms. The minimum Gasteiger partial charge on any atom is -0.374 e. The molecule has 2 aromatic rings. The molecule has 1 atom stereocenters. The van der Waals surface area contributed by atoms with E-state index in [0.717, 1.165) is 23.4 Å². The second kappa shape index (κ2) is 7.95. The van der Waals surface area contributed by atoms with Crippen LogP contribution in [0.5, 0.6) is 0 Å². The molecule has 122 valence electrons. The van der Waals surface area contributed by atoms with Crippen molar-refractivity contribution in [2.24, 2.45) is 0 Å². The van der Waals surface area contributed by atoms with Crippen molar-refractivity contribution < 1.29 is 9.53 Å². The minimum absolute atomic E-state index is 0.0220. The number of carbonyl (C=O) groups is 1. The van der Waals surface area contributed by atoms with Crippen molar-refractivity contribution in [2.45, 2.75) is 25.4 Å². The van der Waals surface area contributed by atoms with Crippen LogP contribution < -0.4 is 0 Å². The average molecular weight is 350 g/mol. The smallest absolute Gasteiger partial charge is 0.223 e. The summed E-state index contributed by atoms with van der Waals surface area (Å²) in [5.41, 5.74) is 2.32. The van der Waals surface area contributed by atoms with Crippen LogP contribution >= 0.6 is 22.9 Å². The van der Waals surface area contributed by atoms with Crippen LogP contribution in [-0.4, -0.2) is 36.6 Å². The van der Waals surface area contributed by atoms with E-state index in [1.165, 1.54) is 5.56 Å². The maximum atomic E-state index is 12.4. The fraction of sp³-hybridized carbons (Fsp3) is 0.389. The fourth-order valence-corrected chi connectivity index (χ4v) is 3.74. The number of carbonyl (C=O) groups excluding carboxylic acids is 1. The Hall–Kier alpha value is -1.36. The number of hydrogen-bond acceptors (Lipinski definition) is 3.